The number of nitrogens with one attached hydrogen (secondary N) is 1. The lowest BCUT2D eigenvalue weighted by molar-refractivity contribution is -0.141. The second-order valence-corrected chi connectivity index (χ2v) is 8.49. The zero-order valence-corrected chi connectivity index (χ0v) is 17.9. The molecule has 1 rings (SSSR count). The van der Waals surface area contributed by atoms with Gasteiger partial charge in [0.25, 0.3) is 0 Å². The third-order valence-corrected chi connectivity index (χ3v) is 4.66. The van der Waals surface area contributed by atoms with Gasteiger partial charge in [0.15, 0.2) is 0 Å². The first-order chi connectivity index (χ1) is 13.4. The van der Waals surface area contributed by atoms with Crippen LogP contribution in [-0.2, 0) is 35.8 Å². The molecule has 0 bridgehead atoms. The van der Waals surface area contributed by atoms with Gasteiger partial charge in [-0.1, -0.05) is 12.1 Å². The molecule has 29 heavy (non-hydrogen) atoms. The molecule has 0 aliphatic carbocycles. The molecule has 10 nitrogen and oxygen atoms in total. The Morgan fingerprint density at radius 2 is 1.69 bits per heavy atom. The van der Waals surface area contributed by atoms with Crippen LogP contribution in [0.15, 0.2) is 24.3 Å². The Balaban J connectivity index is 3.09. The first kappa shape index (κ1) is 24.4. The number of rotatable bonds is 8. The highest BCUT2D eigenvalue weighted by Crippen LogP contribution is 2.16. The van der Waals surface area contributed by atoms with E-state index in [1.807, 2.05) is 4.72 Å². The molecule has 0 heterocycles. The standard InChI is InChI=1S/C18H26N2O8S/c1-6-27-15(21)11-19-29(24,25)20(17(23)28-18(2,3)4)12-13-7-9-14(10-8-13)16(22)26-5/h7-10,19H,6,11-12H2,1-5H3. The number of hydrogen-bond donors (Lipinski definition) is 1. The van der Waals surface area contributed by atoms with Crippen LogP contribution in [0.5, 0.6) is 0 Å². The molecule has 1 aromatic rings. The average molecular weight is 430 g/mol. The van der Waals surface area contributed by atoms with Crippen molar-refractivity contribution in [3.8, 4) is 0 Å². The highest BCUT2D eigenvalue weighted by atomic mass is 32.2. The Bertz CT molecular complexity index is 828. The molecule has 1 aromatic carbocycles. The quantitative estimate of drug-likeness (QED) is 0.487. The van der Waals surface area contributed by atoms with Gasteiger partial charge in [-0.05, 0) is 45.4 Å². The third-order valence-electron chi connectivity index (χ3n) is 3.29. The second kappa shape index (κ2) is 10.2. The number of hydrogen-bond acceptors (Lipinski definition) is 8. The number of carbonyl (C=O) groups excluding carboxylic acids is 3. The van der Waals surface area contributed by atoms with E-state index in [1.165, 1.54) is 31.4 Å². The highest BCUT2D eigenvalue weighted by molar-refractivity contribution is 7.87. The molecule has 1 amide bonds. The zero-order valence-electron chi connectivity index (χ0n) is 17.1. The molecule has 0 fully saturated rings. The Morgan fingerprint density at radius 3 is 2.17 bits per heavy atom. The minimum atomic E-state index is -4.42. The van der Waals surface area contributed by atoms with Gasteiger partial charge in [-0.3, -0.25) is 4.79 Å². The normalized spacial score (nSPS) is 11.5. The smallest absolute Gasteiger partial charge is 0.425 e. The van der Waals surface area contributed by atoms with Crippen LogP contribution in [-0.4, -0.2) is 56.6 Å². The van der Waals surface area contributed by atoms with Gasteiger partial charge in [0, 0.05) is 0 Å². The lowest BCUT2D eigenvalue weighted by Crippen LogP contribution is -2.47. The van der Waals surface area contributed by atoms with Crippen molar-refractivity contribution < 1.29 is 37.0 Å². The molecule has 0 aliphatic rings. The van der Waals surface area contributed by atoms with Gasteiger partial charge < -0.3 is 14.2 Å². The molecule has 11 heteroatoms. The van der Waals surface area contributed by atoms with Gasteiger partial charge in [0.1, 0.15) is 12.1 Å². The second-order valence-electron chi connectivity index (χ2n) is 6.81. The van der Waals surface area contributed by atoms with Gasteiger partial charge in [0.2, 0.25) is 0 Å². The number of ether oxygens (including phenoxy) is 3. The van der Waals surface area contributed by atoms with Crippen LogP contribution in [0.2, 0.25) is 0 Å². The van der Waals surface area contributed by atoms with Crippen LogP contribution in [0.3, 0.4) is 0 Å². The van der Waals surface area contributed by atoms with Crippen molar-refractivity contribution >= 4 is 28.2 Å². The summed E-state index contributed by atoms with van der Waals surface area (Å²) in [7, 11) is -3.18. The molecular formula is C18H26N2O8S. The van der Waals surface area contributed by atoms with E-state index in [9.17, 15) is 22.8 Å². The fraction of sp³-hybridized carbons (Fsp3) is 0.500. The van der Waals surface area contributed by atoms with Gasteiger partial charge in [0.05, 0.1) is 25.8 Å². The van der Waals surface area contributed by atoms with E-state index >= 15 is 0 Å². The fourth-order valence-electron chi connectivity index (χ4n) is 2.03. The van der Waals surface area contributed by atoms with Crippen molar-refractivity contribution in [1.82, 2.24) is 9.03 Å². The van der Waals surface area contributed by atoms with Crippen LogP contribution >= 0.6 is 0 Å². The number of amides is 1. The maximum atomic E-state index is 12.6. The molecule has 0 atom stereocenters. The Hall–Kier alpha value is -2.66. The van der Waals surface area contributed by atoms with Gasteiger partial charge in [-0.25, -0.2) is 9.59 Å². The first-order valence-corrected chi connectivity index (χ1v) is 10.2. The van der Waals surface area contributed by atoms with Crippen molar-refractivity contribution in [2.45, 2.75) is 39.8 Å². The number of benzene rings is 1. The predicted octanol–water partition coefficient (Wildman–Crippen LogP) is 1.61. The minimum absolute atomic E-state index is 0.0862. The average Bonchev–Trinajstić information content (AvgIpc) is 2.63. The minimum Gasteiger partial charge on any atom is -0.465 e. The summed E-state index contributed by atoms with van der Waals surface area (Å²) < 4.78 is 42.2. The van der Waals surface area contributed by atoms with Crippen LogP contribution in [0, 0.1) is 0 Å². The summed E-state index contributed by atoms with van der Waals surface area (Å²) in [6.45, 7) is 5.41. The fourth-order valence-corrected chi connectivity index (χ4v) is 3.04. The third kappa shape index (κ3) is 8.08. The maximum absolute atomic E-state index is 12.6. The summed E-state index contributed by atoms with van der Waals surface area (Å²) in [6, 6.07) is 5.83. The molecule has 162 valence electrons. The van der Waals surface area contributed by atoms with Crippen LogP contribution < -0.4 is 4.72 Å². The van der Waals surface area contributed by atoms with E-state index in [0.29, 0.717) is 9.87 Å². The van der Waals surface area contributed by atoms with Crippen molar-refractivity contribution in [3.05, 3.63) is 35.4 Å². The van der Waals surface area contributed by atoms with Crippen molar-refractivity contribution in [3.63, 3.8) is 0 Å². The Kier molecular flexibility index (Phi) is 8.59. The molecule has 0 aliphatic heterocycles. The largest absolute Gasteiger partial charge is 0.465 e. The monoisotopic (exact) mass is 430 g/mol. The number of esters is 2. The topological polar surface area (TPSA) is 128 Å². The zero-order chi connectivity index (χ0) is 22.2. The molecule has 0 spiro atoms. The molecule has 0 saturated carbocycles. The number of methoxy groups -OCH3 is 1. The van der Waals surface area contributed by atoms with E-state index in [2.05, 4.69) is 9.47 Å². The molecule has 1 N–H and O–H groups in total. The summed E-state index contributed by atoms with van der Waals surface area (Å²) in [5.74, 6) is -1.34. The van der Waals surface area contributed by atoms with Crippen molar-refractivity contribution in [2.24, 2.45) is 0 Å². The lowest BCUT2D eigenvalue weighted by Gasteiger charge is -2.27. The summed E-state index contributed by atoms with van der Waals surface area (Å²) >= 11 is 0. The Morgan fingerprint density at radius 1 is 1.10 bits per heavy atom. The summed E-state index contributed by atoms with van der Waals surface area (Å²) in [4.78, 5) is 35.5. The van der Waals surface area contributed by atoms with Crippen LogP contribution in [0.1, 0.15) is 43.6 Å². The lowest BCUT2D eigenvalue weighted by atomic mass is 10.1. The van der Waals surface area contributed by atoms with Gasteiger partial charge in [-0.15, -0.1) is 0 Å². The van der Waals surface area contributed by atoms with E-state index in [1.54, 1.807) is 27.7 Å². The van der Waals surface area contributed by atoms with E-state index in [-0.39, 0.29) is 18.7 Å². The van der Waals surface area contributed by atoms with Crippen LogP contribution in [0.4, 0.5) is 4.79 Å². The predicted molar refractivity (Wildman–Crippen MR) is 103 cm³/mol. The molecular weight excluding hydrogens is 404 g/mol. The molecule has 0 saturated heterocycles. The van der Waals surface area contributed by atoms with Crippen molar-refractivity contribution in [2.75, 3.05) is 20.3 Å². The maximum Gasteiger partial charge on any atom is 0.425 e. The summed E-state index contributed by atoms with van der Waals surface area (Å²) in [5.41, 5.74) is -0.269. The van der Waals surface area contributed by atoms with E-state index in [0.717, 1.165) is 0 Å². The summed E-state index contributed by atoms with van der Waals surface area (Å²) in [5, 5.41) is 0. The number of carbonyl (C=O) groups is 3. The first-order valence-electron chi connectivity index (χ1n) is 8.72. The van der Waals surface area contributed by atoms with Gasteiger partial charge in [-0.2, -0.15) is 17.4 Å². The van der Waals surface area contributed by atoms with Gasteiger partial charge >= 0.3 is 28.2 Å². The molecule has 0 aromatic heterocycles. The summed E-state index contributed by atoms with van der Waals surface area (Å²) in [6.07, 6.45) is -1.12. The molecule has 0 radical (unpaired) electrons. The van der Waals surface area contributed by atoms with Crippen LogP contribution in [0.25, 0.3) is 0 Å². The van der Waals surface area contributed by atoms with Crippen molar-refractivity contribution in [1.29, 1.82) is 0 Å². The Labute approximate surface area is 170 Å². The van der Waals surface area contributed by atoms with E-state index < -0.39 is 40.4 Å². The highest BCUT2D eigenvalue weighted by Gasteiger charge is 2.32. The SMILES string of the molecule is CCOC(=O)CNS(=O)(=O)N(Cc1ccc(C(=O)OC)cc1)C(=O)OC(C)(C)C. The molecule has 0 unspecified atom stereocenters. The van der Waals surface area contributed by atoms with E-state index in [4.69, 9.17) is 4.74 Å². The number of nitrogens with zero attached hydrogens (tertiary/aromatic N) is 1.